The quantitative estimate of drug-likeness (QED) is 0.0621. The van der Waals surface area contributed by atoms with Gasteiger partial charge in [0.15, 0.2) is 18.7 Å². The number of hydrogen-bond acceptors (Lipinski definition) is 15. The van der Waals surface area contributed by atoms with E-state index in [1.54, 1.807) is 20.9 Å². The van der Waals surface area contributed by atoms with Gasteiger partial charge in [0.1, 0.15) is 17.5 Å². The first kappa shape index (κ1) is 38.9. The number of hydrogen-bond donors (Lipinski definition) is 12. The SMILES string of the molecule is CCC1C(O[C@H]2O[C@H](CNC(=N)C(C)N)CCC2N)[C@@H](N)C[C@@H](NC(=O)[C@@H](O)[C@@H](O)CCN)C1O[C@H]1OCC(C)(O)[C@H](NC)C1O. The number of aliphatic hydroxyl groups is 4. The van der Waals surface area contributed by atoms with Gasteiger partial charge in [0.05, 0.1) is 55.2 Å². The summed E-state index contributed by atoms with van der Waals surface area (Å²) in [6, 6.07) is -3.09. The van der Waals surface area contributed by atoms with Crippen molar-refractivity contribution in [2.45, 2.75) is 138 Å². The Hall–Kier alpha value is -1.58. The van der Waals surface area contributed by atoms with Gasteiger partial charge in [-0.15, -0.1) is 0 Å². The molecular weight excluding hydrogens is 604 g/mol. The van der Waals surface area contributed by atoms with Gasteiger partial charge in [0, 0.05) is 18.5 Å². The minimum Gasteiger partial charge on any atom is -0.390 e. The van der Waals surface area contributed by atoms with Crippen LogP contribution in [0.15, 0.2) is 0 Å². The van der Waals surface area contributed by atoms with Crippen LogP contribution in [0.2, 0.25) is 0 Å². The van der Waals surface area contributed by atoms with Crippen molar-refractivity contribution in [3.8, 4) is 0 Å². The van der Waals surface area contributed by atoms with Gasteiger partial charge in [-0.2, -0.15) is 0 Å². The molecule has 3 fully saturated rings. The Labute approximate surface area is 270 Å². The van der Waals surface area contributed by atoms with Gasteiger partial charge in [-0.3, -0.25) is 10.2 Å². The van der Waals surface area contributed by atoms with E-state index in [9.17, 15) is 25.2 Å². The van der Waals surface area contributed by atoms with Crippen molar-refractivity contribution in [1.82, 2.24) is 16.0 Å². The predicted octanol–water partition coefficient (Wildman–Crippen LogP) is -4.13. The molecule has 1 amide bonds. The van der Waals surface area contributed by atoms with Crippen LogP contribution in [0.3, 0.4) is 0 Å². The van der Waals surface area contributed by atoms with Crippen molar-refractivity contribution < 1.29 is 44.2 Å². The fraction of sp³-hybridized carbons (Fsp3) is 0.931. The predicted molar refractivity (Wildman–Crippen MR) is 168 cm³/mol. The van der Waals surface area contributed by atoms with E-state index in [0.717, 1.165) is 0 Å². The van der Waals surface area contributed by atoms with Crippen LogP contribution in [-0.4, -0.2) is 144 Å². The van der Waals surface area contributed by atoms with Crippen molar-refractivity contribution in [3.05, 3.63) is 0 Å². The fourth-order valence-electron chi connectivity index (χ4n) is 6.56. The van der Waals surface area contributed by atoms with Crippen LogP contribution in [-0.2, 0) is 23.7 Å². The topological polar surface area (TPSA) is 299 Å². The van der Waals surface area contributed by atoms with Gasteiger partial charge in [-0.1, -0.05) is 6.92 Å². The van der Waals surface area contributed by atoms with Crippen LogP contribution in [0.4, 0.5) is 0 Å². The molecule has 2 saturated heterocycles. The summed E-state index contributed by atoms with van der Waals surface area (Å²) in [6.45, 7) is 5.45. The molecule has 15 atom stereocenters. The van der Waals surface area contributed by atoms with E-state index in [-0.39, 0.29) is 37.9 Å². The molecule has 0 spiro atoms. The lowest BCUT2D eigenvalue weighted by atomic mass is 9.76. The first-order valence-electron chi connectivity index (χ1n) is 16.3. The number of carbonyl (C=O) groups is 1. The van der Waals surface area contributed by atoms with Gasteiger partial charge >= 0.3 is 0 Å². The van der Waals surface area contributed by atoms with Crippen LogP contribution < -0.4 is 38.9 Å². The number of nitrogens with two attached hydrogens (primary N) is 4. The van der Waals surface area contributed by atoms with Crippen LogP contribution in [0.1, 0.15) is 52.9 Å². The van der Waals surface area contributed by atoms with E-state index < -0.39 is 90.7 Å². The monoisotopic (exact) mass is 662 g/mol. The van der Waals surface area contributed by atoms with Crippen molar-refractivity contribution in [2.24, 2.45) is 28.9 Å². The van der Waals surface area contributed by atoms with Crippen LogP contribution >= 0.6 is 0 Å². The summed E-state index contributed by atoms with van der Waals surface area (Å²) in [5.41, 5.74) is 23.0. The molecule has 1 saturated carbocycles. The first-order chi connectivity index (χ1) is 21.6. The Morgan fingerprint density at radius 2 is 1.83 bits per heavy atom. The lowest BCUT2D eigenvalue weighted by Crippen LogP contribution is -2.68. The molecule has 7 unspecified atom stereocenters. The third-order valence-electron chi connectivity index (χ3n) is 9.28. The zero-order valence-electron chi connectivity index (χ0n) is 27.4. The maximum Gasteiger partial charge on any atom is 0.251 e. The molecule has 2 heterocycles. The number of rotatable bonds is 14. The Balaban J connectivity index is 1.84. The van der Waals surface area contributed by atoms with Crippen LogP contribution in [0.5, 0.6) is 0 Å². The average molecular weight is 663 g/mol. The average Bonchev–Trinajstić information content (AvgIpc) is 3.00. The molecular formula is C29H58N8O9. The Kier molecular flexibility index (Phi) is 14.5. The minimum atomic E-state index is -1.74. The number of ether oxygens (including phenoxy) is 4. The molecule has 0 aromatic rings. The second-order valence-corrected chi connectivity index (χ2v) is 13.1. The lowest BCUT2D eigenvalue weighted by Gasteiger charge is -2.50. The maximum atomic E-state index is 13.1. The van der Waals surface area contributed by atoms with Crippen molar-refractivity contribution in [2.75, 3.05) is 26.7 Å². The smallest absolute Gasteiger partial charge is 0.251 e. The fourth-order valence-corrected chi connectivity index (χ4v) is 6.56. The summed E-state index contributed by atoms with van der Waals surface area (Å²) in [5.74, 6) is -1.11. The number of amidine groups is 1. The second kappa shape index (κ2) is 17.2. The van der Waals surface area contributed by atoms with E-state index in [0.29, 0.717) is 25.8 Å². The Bertz CT molecular complexity index is 981. The van der Waals surface area contributed by atoms with Crippen molar-refractivity contribution in [1.29, 1.82) is 5.41 Å². The molecule has 0 aromatic carbocycles. The molecule has 3 aliphatic rings. The summed E-state index contributed by atoms with van der Waals surface area (Å²) >= 11 is 0. The maximum absolute atomic E-state index is 13.1. The summed E-state index contributed by atoms with van der Waals surface area (Å²) in [6.07, 6.45) is -6.32. The van der Waals surface area contributed by atoms with Crippen LogP contribution in [0.25, 0.3) is 0 Å². The van der Waals surface area contributed by atoms with Crippen molar-refractivity contribution >= 4 is 11.7 Å². The zero-order chi connectivity index (χ0) is 34.3. The summed E-state index contributed by atoms with van der Waals surface area (Å²) in [5, 5.41) is 59.2. The number of nitrogens with one attached hydrogen (secondary N) is 4. The molecule has 17 heteroatoms. The highest BCUT2D eigenvalue weighted by molar-refractivity contribution is 5.83. The highest BCUT2D eigenvalue weighted by Crippen LogP contribution is 2.36. The molecule has 268 valence electrons. The first-order valence-corrected chi connectivity index (χ1v) is 16.3. The van der Waals surface area contributed by atoms with Gasteiger partial charge in [0.25, 0.3) is 5.91 Å². The van der Waals surface area contributed by atoms with Crippen molar-refractivity contribution in [3.63, 3.8) is 0 Å². The van der Waals surface area contributed by atoms with E-state index in [1.807, 2.05) is 6.92 Å². The minimum absolute atomic E-state index is 0.0180. The van der Waals surface area contributed by atoms with Gasteiger partial charge in [-0.05, 0) is 59.5 Å². The second-order valence-electron chi connectivity index (χ2n) is 13.1. The summed E-state index contributed by atoms with van der Waals surface area (Å²) in [4.78, 5) is 13.1. The Morgan fingerprint density at radius 1 is 1.15 bits per heavy atom. The normalized spacial score (nSPS) is 40.5. The summed E-state index contributed by atoms with van der Waals surface area (Å²) in [7, 11) is 1.61. The van der Waals surface area contributed by atoms with E-state index in [2.05, 4.69) is 16.0 Å². The zero-order valence-corrected chi connectivity index (χ0v) is 27.4. The van der Waals surface area contributed by atoms with E-state index >= 15 is 0 Å². The molecule has 0 bridgehead atoms. The number of carbonyl (C=O) groups excluding carboxylic acids is 1. The highest BCUT2D eigenvalue weighted by Gasteiger charge is 2.52. The molecule has 17 nitrogen and oxygen atoms in total. The molecule has 2 aliphatic heterocycles. The van der Waals surface area contributed by atoms with Gasteiger partial charge in [0.2, 0.25) is 0 Å². The molecule has 0 aromatic heterocycles. The lowest BCUT2D eigenvalue weighted by molar-refractivity contribution is -0.302. The Morgan fingerprint density at radius 3 is 2.43 bits per heavy atom. The largest absolute Gasteiger partial charge is 0.390 e. The third-order valence-corrected chi connectivity index (χ3v) is 9.28. The highest BCUT2D eigenvalue weighted by atomic mass is 16.7. The number of amides is 1. The molecule has 3 rings (SSSR count). The van der Waals surface area contributed by atoms with Crippen LogP contribution in [0, 0.1) is 11.3 Å². The molecule has 16 N–H and O–H groups in total. The molecule has 46 heavy (non-hydrogen) atoms. The van der Waals surface area contributed by atoms with E-state index in [4.69, 9.17) is 47.3 Å². The standard InChI is InChI=1S/C29H58N8O9/c1-5-15-22(45-27-16(32)7-6-14(44-27)11-36-25(34)13(2)31)17(33)10-18(37-26(41)20(39)19(38)8-9-30)23(15)46-28-21(40)24(35-4)29(3,42)12-43-28/h13-24,27-28,35,38-40,42H,5-12,30-33H2,1-4H3,(H2,34,36)(H,37,41)/t13?,14-,15?,16?,17-,18+,19-,20-,21?,22?,23?,24+,27+,28+,29?/m0/s1. The molecule has 0 radical (unpaired) electrons. The number of aliphatic hydroxyl groups excluding tert-OH is 3. The van der Waals surface area contributed by atoms with E-state index in [1.165, 1.54) is 0 Å². The third kappa shape index (κ3) is 9.52. The van der Waals surface area contributed by atoms with Gasteiger partial charge in [-0.25, -0.2) is 0 Å². The molecule has 1 aliphatic carbocycles. The van der Waals surface area contributed by atoms with Gasteiger partial charge < -0.3 is 78.3 Å². The number of likely N-dealkylation sites (N-methyl/N-ethyl adjacent to an activating group) is 1. The summed E-state index contributed by atoms with van der Waals surface area (Å²) < 4.78 is 24.9.